The second-order valence-electron chi connectivity index (χ2n) is 5.80. The topological polar surface area (TPSA) is 86.3 Å². The Morgan fingerprint density at radius 1 is 1.35 bits per heavy atom. The Bertz CT molecular complexity index is 768. The van der Waals surface area contributed by atoms with Crippen molar-refractivity contribution >= 4 is 17.5 Å². The minimum atomic E-state index is -0.690. The van der Waals surface area contributed by atoms with E-state index in [1.807, 2.05) is 0 Å². The molecule has 0 bridgehead atoms. The summed E-state index contributed by atoms with van der Waals surface area (Å²) in [5.74, 6) is -0.841. The molecule has 1 atom stereocenters. The number of hydrogen-bond acceptors (Lipinski definition) is 4. The molecule has 1 fully saturated rings. The minimum absolute atomic E-state index is 0.0278. The lowest BCUT2D eigenvalue weighted by molar-refractivity contribution is 0.0997. The molecule has 140 valence electrons. The van der Waals surface area contributed by atoms with Crippen molar-refractivity contribution in [1.29, 1.82) is 0 Å². The Hall–Kier alpha value is -2.22. The van der Waals surface area contributed by atoms with Gasteiger partial charge in [0.05, 0.1) is 18.2 Å². The van der Waals surface area contributed by atoms with Gasteiger partial charge in [-0.25, -0.2) is 4.39 Å². The summed E-state index contributed by atoms with van der Waals surface area (Å²) in [4.78, 5) is 23.1. The zero-order valence-corrected chi connectivity index (χ0v) is 14.9. The molecule has 6 nitrogen and oxygen atoms in total. The molecule has 8 heteroatoms. The fraction of sp³-hybridized carbons (Fsp3) is 0.333. The van der Waals surface area contributed by atoms with Crippen LogP contribution < -0.4 is 16.6 Å². The van der Waals surface area contributed by atoms with Gasteiger partial charge in [-0.05, 0) is 24.3 Å². The van der Waals surface area contributed by atoms with Crippen LogP contribution in [0.15, 0.2) is 47.4 Å². The van der Waals surface area contributed by atoms with Crippen LogP contribution in [0.5, 0.6) is 0 Å². The molecule has 1 unspecified atom stereocenters. The largest absolute Gasteiger partial charge is 0.380 e. The lowest BCUT2D eigenvalue weighted by Crippen LogP contribution is -2.33. The third kappa shape index (κ3) is 5.94. The maximum atomic E-state index is 12.2. The number of primary amides is 1. The van der Waals surface area contributed by atoms with Crippen molar-refractivity contribution in [3.8, 4) is 0 Å². The Labute approximate surface area is 155 Å². The Balaban J connectivity index is 0.000000254. The van der Waals surface area contributed by atoms with E-state index in [1.165, 1.54) is 22.8 Å². The number of amides is 1. The van der Waals surface area contributed by atoms with E-state index in [2.05, 4.69) is 5.32 Å². The molecule has 0 spiro atoms. The molecule has 1 aromatic heterocycles. The van der Waals surface area contributed by atoms with Crippen molar-refractivity contribution in [2.45, 2.75) is 6.54 Å². The standard InChI is InChI=1S/C12H17N3O3.C6H4ClF/c13-11(16)10-2-1-4-15(12(10)17)7-9-6-14-3-5-18-8-9;7-5-3-1-2-4-6(5)8/h1-2,4,9,14H,3,5-8H2,(H2,13,16);1-4H. The van der Waals surface area contributed by atoms with E-state index in [0.29, 0.717) is 19.8 Å². The van der Waals surface area contributed by atoms with Crippen molar-refractivity contribution in [2.75, 3.05) is 26.3 Å². The fourth-order valence-electron chi connectivity index (χ4n) is 2.46. The second kappa shape index (κ2) is 10.1. The molecule has 1 aliphatic heterocycles. The van der Waals surface area contributed by atoms with Gasteiger partial charge in [0, 0.05) is 31.7 Å². The molecule has 0 radical (unpaired) electrons. The van der Waals surface area contributed by atoms with Crippen LogP contribution in [-0.4, -0.2) is 36.8 Å². The molecule has 2 heterocycles. The quantitative estimate of drug-likeness (QED) is 0.846. The summed E-state index contributed by atoms with van der Waals surface area (Å²) in [7, 11) is 0. The summed E-state index contributed by atoms with van der Waals surface area (Å²) in [6.45, 7) is 3.44. The highest BCUT2D eigenvalue weighted by Crippen LogP contribution is 2.11. The average molecular weight is 382 g/mol. The smallest absolute Gasteiger partial charge is 0.263 e. The van der Waals surface area contributed by atoms with Crippen LogP contribution in [0.3, 0.4) is 0 Å². The number of aromatic nitrogens is 1. The van der Waals surface area contributed by atoms with Gasteiger partial charge in [0.1, 0.15) is 11.4 Å². The molecule has 26 heavy (non-hydrogen) atoms. The Kier molecular flexibility index (Phi) is 7.77. The molecule has 1 aliphatic rings. The summed E-state index contributed by atoms with van der Waals surface area (Å²) in [6, 6.07) is 9.22. The molecule has 3 N–H and O–H groups in total. The van der Waals surface area contributed by atoms with E-state index in [-0.39, 0.29) is 27.9 Å². The molecule has 0 aliphatic carbocycles. The first-order valence-electron chi connectivity index (χ1n) is 8.16. The van der Waals surface area contributed by atoms with Gasteiger partial charge in [-0.15, -0.1) is 0 Å². The van der Waals surface area contributed by atoms with Crippen molar-refractivity contribution < 1.29 is 13.9 Å². The minimum Gasteiger partial charge on any atom is -0.380 e. The van der Waals surface area contributed by atoms with Crippen LogP contribution in [0, 0.1) is 11.7 Å². The molecule has 0 saturated carbocycles. The summed E-state index contributed by atoms with van der Waals surface area (Å²) in [6.07, 6.45) is 1.67. The van der Waals surface area contributed by atoms with Gasteiger partial charge in [0.15, 0.2) is 0 Å². The first-order valence-corrected chi connectivity index (χ1v) is 8.54. The summed E-state index contributed by atoms with van der Waals surface area (Å²) < 4.78 is 19.1. The molecular weight excluding hydrogens is 361 g/mol. The van der Waals surface area contributed by atoms with Crippen molar-refractivity contribution in [3.63, 3.8) is 0 Å². The van der Waals surface area contributed by atoms with E-state index >= 15 is 0 Å². The molecular formula is C18H21ClFN3O3. The predicted octanol–water partition coefficient (Wildman–Crippen LogP) is 1.66. The molecule has 1 amide bonds. The van der Waals surface area contributed by atoms with Crippen LogP contribution in [0.1, 0.15) is 10.4 Å². The fourth-order valence-corrected chi connectivity index (χ4v) is 2.60. The van der Waals surface area contributed by atoms with Gasteiger partial charge in [-0.1, -0.05) is 23.7 Å². The maximum Gasteiger partial charge on any atom is 0.263 e. The number of halogens is 2. The highest BCUT2D eigenvalue weighted by atomic mass is 35.5. The first kappa shape index (κ1) is 20.1. The molecule has 1 saturated heterocycles. The number of nitrogens with zero attached hydrogens (tertiary/aromatic N) is 1. The van der Waals surface area contributed by atoms with Gasteiger partial charge in [0.25, 0.3) is 11.5 Å². The zero-order chi connectivity index (χ0) is 18.9. The number of carbonyl (C=O) groups excluding carboxylic acids is 1. The number of pyridine rings is 1. The monoisotopic (exact) mass is 381 g/mol. The van der Waals surface area contributed by atoms with Crippen LogP contribution >= 0.6 is 11.6 Å². The summed E-state index contributed by atoms with van der Waals surface area (Å²) >= 11 is 5.33. The number of rotatable bonds is 3. The summed E-state index contributed by atoms with van der Waals surface area (Å²) in [5.41, 5.74) is 4.84. The van der Waals surface area contributed by atoms with E-state index in [1.54, 1.807) is 24.4 Å². The van der Waals surface area contributed by atoms with Crippen LogP contribution in [0.2, 0.25) is 5.02 Å². The lowest BCUT2D eigenvalue weighted by Gasteiger charge is -2.15. The third-order valence-electron chi connectivity index (χ3n) is 3.77. The van der Waals surface area contributed by atoms with Gasteiger partial charge in [-0.3, -0.25) is 9.59 Å². The highest BCUT2D eigenvalue weighted by Gasteiger charge is 2.15. The first-order chi connectivity index (χ1) is 12.5. The van der Waals surface area contributed by atoms with Gasteiger partial charge in [0.2, 0.25) is 0 Å². The van der Waals surface area contributed by atoms with E-state index in [4.69, 9.17) is 22.1 Å². The van der Waals surface area contributed by atoms with Crippen molar-refractivity contribution in [2.24, 2.45) is 11.7 Å². The van der Waals surface area contributed by atoms with Gasteiger partial charge in [-0.2, -0.15) is 0 Å². The number of hydrogen-bond donors (Lipinski definition) is 2. The van der Waals surface area contributed by atoms with Crippen LogP contribution in [-0.2, 0) is 11.3 Å². The molecule has 1 aromatic carbocycles. The Morgan fingerprint density at radius 3 is 2.77 bits per heavy atom. The van der Waals surface area contributed by atoms with Gasteiger partial charge >= 0.3 is 0 Å². The van der Waals surface area contributed by atoms with Gasteiger partial charge < -0.3 is 20.4 Å². The molecule has 3 rings (SSSR count). The normalized spacial score (nSPS) is 16.9. The molecule has 2 aromatic rings. The highest BCUT2D eigenvalue weighted by molar-refractivity contribution is 6.30. The average Bonchev–Trinajstić information content (AvgIpc) is 2.88. The maximum absolute atomic E-state index is 12.2. The summed E-state index contributed by atoms with van der Waals surface area (Å²) in [5, 5.41) is 3.42. The van der Waals surface area contributed by atoms with E-state index in [0.717, 1.165) is 13.1 Å². The number of nitrogens with two attached hydrogens (primary N) is 1. The second-order valence-corrected chi connectivity index (χ2v) is 6.21. The lowest BCUT2D eigenvalue weighted by atomic mass is 10.1. The Morgan fingerprint density at radius 2 is 2.12 bits per heavy atom. The third-order valence-corrected chi connectivity index (χ3v) is 4.08. The number of carbonyl (C=O) groups is 1. The van der Waals surface area contributed by atoms with E-state index < -0.39 is 5.91 Å². The van der Waals surface area contributed by atoms with Crippen LogP contribution in [0.25, 0.3) is 0 Å². The number of nitrogens with one attached hydrogen (secondary N) is 1. The van der Waals surface area contributed by atoms with Crippen LogP contribution in [0.4, 0.5) is 4.39 Å². The SMILES string of the molecule is Fc1ccccc1Cl.NC(=O)c1cccn(CC2CNCCOC2)c1=O. The van der Waals surface area contributed by atoms with E-state index in [9.17, 15) is 14.0 Å². The number of ether oxygens (including phenoxy) is 1. The number of benzene rings is 1. The zero-order valence-electron chi connectivity index (χ0n) is 14.2. The van der Waals surface area contributed by atoms with Crippen molar-refractivity contribution in [1.82, 2.24) is 9.88 Å². The predicted molar refractivity (Wildman–Crippen MR) is 97.8 cm³/mol. The van der Waals surface area contributed by atoms with Crippen molar-refractivity contribution in [3.05, 3.63) is 69.4 Å².